The fourth-order valence-electron chi connectivity index (χ4n) is 2.30. The number of carbonyl (C=O) groups excluding carboxylic acids is 1. The van der Waals surface area contributed by atoms with E-state index in [9.17, 15) is 4.79 Å². The highest BCUT2D eigenvalue weighted by Crippen LogP contribution is 2.21. The normalized spacial score (nSPS) is 15.5. The topological polar surface area (TPSA) is 47.9 Å². The zero-order chi connectivity index (χ0) is 16.2. The van der Waals surface area contributed by atoms with Crippen LogP contribution in [-0.4, -0.2) is 19.0 Å². The molecule has 23 heavy (non-hydrogen) atoms. The lowest BCUT2D eigenvalue weighted by molar-refractivity contribution is -0.129. The zero-order valence-electron chi connectivity index (χ0n) is 13.1. The van der Waals surface area contributed by atoms with Gasteiger partial charge >= 0.3 is 5.97 Å². The van der Waals surface area contributed by atoms with Crippen LogP contribution in [0.3, 0.4) is 0 Å². The van der Waals surface area contributed by atoms with Crippen LogP contribution in [0.25, 0.3) is 6.08 Å². The van der Waals surface area contributed by atoms with Gasteiger partial charge < -0.3 is 9.47 Å². The molecule has 2 aromatic rings. The third-order valence-electron chi connectivity index (χ3n) is 3.63. The number of aliphatic imine (C=N–C) groups is 1. The lowest BCUT2D eigenvalue weighted by Gasteiger charge is -2.02. The molecule has 0 N–H and O–H groups in total. The van der Waals surface area contributed by atoms with E-state index in [0.29, 0.717) is 22.9 Å². The fraction of sp³-hybridized carbons (Fsp3) is 0.158. The van der Waals surface area contributed by atoms with Crippen molar-refractivity contribution in [3.05, 3.63) is 70.9 Å². The van der Waals surface area contributed by atoms with Gasteiger partial charge in [-0.2, -0.15) is 0 Å². The molecule has 2 aromatic carbocycles. The van der Waals surface area contributed by atoms with Gasteiger partial charge in [0.2, 0.25) is 5.90 Å². The van der Waals surface area contributed by atoms with Crippen molar-refractivity contribution in [3.8, 4) is 5.75 Å². The van der Waals surface area contributed by atoms with E-state index < -0.39 is 5.97 Å². The van der Waals surface area contributed by atoms with Gasteiger partial charge in [0.25, 0.3) is 0 Å². The summed E-state index contributed by atoms with van der Waals surface area (Å²) in [7, 11) is 1.59. The second-order valence-corrected chi connectivity index (χ2v) is 5.16. The lowest BCUT2D eigenvalue weighted by atomic mass is 10.1. The highest BCUT2D eigenvalue weighted by molar-refractivity contribution is 6.12. The Bertz CT molecular complexity index is 789. The molecule has 0 radical (unpaired) electrons. The molecule has 0 amide bonds. The standard InChI is InChI=1S/C19H17NO3/c1-3-13-7-9-14(10-8-13)11-17-19(21)23-18(20-17)15-5-4-6-16(12-15)22-2/h4-12H,3H2,1-2H3/b17-11-. The van der Waals surface area contributed by atoms with E-state index in [-0.39, 0.29) is 0 Å². The van der Waals surface area contributed by atoms with Crippen molar-refractivity contribution in [2.24, 2.45) is 4.99 Å². The quantitative estimate of drug-likeness (QED) is 0.640. The van der Waals surface area contributed by atoms with Gasteiger partial charge in [0, 0.05) is 5.56 Å². The second kappa shape index (κ2) is 6.48. The Labute approximate surface area is 135 Å². The number of cyclic esters (lactones) is 1. The van der Waals surface area contributed by atoms with Crippen molar-refractivity contribution in [3.63, 3.8) is 0 Å². The summed E-state index contributed by atoms with van der Waals surface area (Å²) in [5, 5.41) is 0. The van der Waals surface area contributed by atoms with E-state index >= 15 is 0 Å². The van der Waals surface area contributed by atoms with Crippen LogP contribution in [0.2, 0.25) is 0 Å². The molecule has 3 rings (SSSR count). The van der Waals surface area contributed by atoms with Crippen LogP contribution in [-0.2, 0) is 16.0 Å². The Morgan fingerprint density at radius 3 is 2.65 bits per heavy atom. The molecule has 116 valence electrons. The molecule has 4 heteroatoms. The molecular formula is C19H17NO3. The molecule has 0 saturated heterocycles. The monoisotopic (exact) mass is 307 g/mol. The number of ether oxygens (including phenoxy) is 2. The maximum absolute atomic E-state index is 12.0. The molecular weight excluding hydrogens is 290 g/mol. The highest BCUT2D eigenvalue weighted by atomic mass is 16.6. The van der Waals surface area contributed by atoms with E-state index in [1.165, 1.54) is 5.56 Å². The smallest absolute Gasteiger partial charge is 0.363 e. The highest BCUT2D eigenvalue weighted by Gasteiger charge is 2.24. The van der Waals surface area contributed by atoms with E-state index in [0.717, 1.165) is 12.0 Å². The van der Waals surface area contributed by atoms with Crippen molar-refractivity contribution >= 4 is 17.9 Å². The molecule has 1 aliphatic rings. The summed E-state index contributed by atoms with van der Waals surface area (Å²) in [4.78, 5) is 16.3. The molecule has 0 saturated carbocycles. The van der Waals surface area contributed by atoms with Gasteiger partial charge in [-0.3, -0.25) is 0 Å². The molecule has 0 aromatic heterocycles. The first kappa shape index (κ1) is 15.0. The summed E-state index contributed by atoms with van der Waals surface area (Å²) in [5.74, 6) is 0.543. The van der Waals surface area contributed by atoms with E-state index in [2.05, 4.69) is 11.9 Å². The van der Waals surface area contributed by atoms with Crippen LogP contribution >= 0.6 is 0 Å². The molecule has 1 aliphatic heterocycles. The largest absolute Gasteiger partial charge is 0.497 e. The summed E-state index contributed by atoms with van der Waals surface area (Å²) >= 11 is 0. The molecule has 0 atom stereocenters. The van der Waals surface area contributed by atoms with Crippen LogP contribution in [0.4, 0.5) is 0 Å². The molecule has 0 unspecified atom stereocenters. The van der Waals surface area contributed by atoms with E-state index in [4.69, 9.17) is 9.47 Å². The predicted molar refractivity (Wildman–Crippen MR) is 89.4 cm³/mol. The van der Waals surface area contributed by atoms with Crippen molar-refractivity contribution < 1.29 is 14.3 Å². The molecule has 0 fully saturated rings. The Balaban J connectivity index is 1.89. The van der Waals surface area contributed by atoms with Crippen molar-refractivity contribution in [1.29, 1.82) is 0 Å². The first-order chi connectivity index (χ1) is 11.2. The van der Waals surface area contributed by atoms with Gasteiger partial charge in [0.05, 0.1) is 7.11 Å². The van der Waals surface area contributed by atoms with Crippen molar-refractivity contribution in [2.75, 3.05) is 7.11 Å². The summed E-state index contributed by atoms with van der Waals surface area (Å²) in [6.45, 7) is 2.10. The number of hydrogen-bond acceptors (Lipinski definition) is 4. The van der Waals surface area contributed by atoms with Gasteiger partial charge in [-0.25, -0.2) is 9.79 Å². The maximum Gasteiger partial charge on any atom is 0.363 e. The van der Waals surface area contributed by atoms with Crippen molar-refractivity contribution in [1.82, 2.24) is 0 Å². The number of carbonyl (C=O) groups is 1. The Morgan fingerprint density at radius 1 is 1.17 bits per heavy atom. The number of aryl methyl sites for hydroxylation is 1. The minimum atomic E-state index is -0.442. The van der Waals surface area contributed by atoms with E-state index in [1.807, 2.05) is 42.5 Å². The molecule has 0 spiro atoms. The van der Waals surface area contributed by atoms with Gasteiger partial charge in [0.15, 0.2) is 5.70 Å². The number of hydrogen-bond donors (Lipinski definition) is 0. The maximum atomic E-state index is 12.0. The summed E-state index contributed by atoms with van der Waals surface area (Å²) in [5.41, 5.74) is 3.18. The van der Waals surface area contributed by atoms with Crippen LogP contribution in [0.5, 0.6) is 5.75 Å². The van der Waals surface area contributed by atoms with Gasteiger partial charge in [-0.15, -0.1) is 0 Å². The molecule has 0 aliphatic carbocycles. The number of rotatable bonds is 4. The number of esters is 1. The average Bonchev–Trinajstić information content (AvgIpc) is 2.96. The van der Waals surface area contributed by atoms with E-state index in [1.54, 1.807) is 19.3 Å². The van der Waals surface area contributed by atoms with Gasteiger partial charge in [-0.05, 0) is 41.8 Å². The Morgan fingerprint density at radius 2 is 1.96 bits per heavy atom. The fourth-order valence-corrected chi connectivity index (χ4v) is 2.30. The van der Waals surface area contributed by atoms with Gasteiger partial charge in [0.1, 0.15) is 5.75 Å². The van der Waals surface area contributed by atoms with Crippen LogP contribution in [0.15, 0.2) is 59.2 Å². The molecule has 1 heterocycles. The number of benzene rings is 2. The minimum Gasteiger partial charge on any atom is -0.497 e. The zero-order valence-corrected chi connectivity index (χ0v) is 13.1. The SMILES string of the molecule is CCc1ccc(/C=C2\N=C(c3cccc(OC)c3)OC2=O)cc1. The Kier molecular flexibility index (Phi) is 4.24. The summed E-state index contributed by atoms with van der Waals surface area (Å²) < 4.78 is 10.4. The van der Waals surface area contributed by atoms with Crippen LogP contribution < -0.4 is 4.74 Å². The molecule has 4 nitrogen and oxygen atoms in total. The lowest BCUT2D eigenvalue weighted by Crippen LogP contribution is -2.05. The second-order valence-electron chi connectivity index (χ2n) is 5.16. The average molecular weight is 307 g/mol. The van der Waals surface area contributed by atoms with Crippen molar-refractivity contribution in [2.45, 2.75) is 13.3 Å². The number of nitrogens with zero attached hydrogens (tertiary/aromatic N) is 1. The number of methoxy groups -OCH3 is 1. The summed E-state index contributed by atoms with van der Waals surface area (Å²) in [6, 6.07) is 15.3. The third-order valence-corrected chi connectivity index (χ3v) is 3.63. The molecule has 0 bridgehead atoms. The van der Waals surface area contributed by atoms with Crippen LogP contribution in [0.1, 0.15) is 23.6 Å². The Hall–Kier alpha value is -2.88. The third kappa shape index (κ3) is 3.31. The minimum absolute atomic E-state index is 0.297. The van der Waals surface area contributed by atoms with Crippen LogP contribution in [0, 0.1) is 0 Å². The predicted octanol–water partition coefficient (Wildman–Crippen LogP) is 3.60. The first-order valence-electron chi connectivity index (χ1n) is 7.45. The van der Waals surface area contributed by atoms with Gasteiger partial charge in [-0.1, -0.05) is 37.3 Å². The summed E-state index contributed by atoms with van der Waals surface area (Å²) in [6.07, 6.45) is 2.71. The first-order valence-corrected chi connectivity index (χ1v) is 7.45.